The molecule has 33 heavy (non-hydrogen) atoms. The van der Waals surface area contributed by atoms with Crippen molar-refractivity contribution in [3.63, 3.8) is 0 Å². The number of carbonyl (C=O) groups is 2. The number of hydrazine groups is 1. The van der Waals surface area contributed by atoms with E-state index >= 15 is 0 Å². The number of ether oxygens (including phenoxy) is 6. The molecule has 2 aromatic rings. The van der Waals surface area contributed by atoms with E-state index in [1.807, 2.05) is 5.43 Å². The summed E-state index contributed by atoms with van der Waals surface area (Å²) < 4.78 is 31.8. The number of nitrogens with one attached hydrogen (secondary N) is 2. The monoisotopic (exact) mass is 461 g/mol. The first-order valence-electron chi connectivity index (χ1n) is 9.51. The van der Waals surface area contributed by atoms with Crippen molar-refractivity contribution in [2.24, 2.45) is 5.84 Å². The van der Waals surface area contributed by atoms with Crippen LogP contribution in [0, 0.1) is 0 Å². The van der Waals surface area contributed by atoms with E-state index in [2.05, 4.69) is 5.32 Å². The summed E-state index contributed by atoms with van der Waals surface area (Å²) in [5.74, 6) is 5.96. The molecule has 0 aromatic heterocycles. The quantitative estimate of drug-likeness (QED) is 0.208. The number of hydrogen-bond acceptors (Lipinski definition) is 9. The maximum atomic E-state index is 13.0. The van der Waals surface area contributed by atoms with Gasteiger partial charge < -0.3 is 33.7 Å². The molecule has 0 unspecified atom stereocenters. The number of carbonyl (C=O) groups excluding carboxylic acids is 2. The van der Waals surface area contributed by atoms with Gasteiger partial charge in [-0.2, -0.15) is 0 Å². The topological polar surface area (TPSA) is 140 Å². The van der Waals surface area contributed by atoms with Crippen molar-refractivity contribution < 1.29 is 38.0 Å². The van der Waals surface area contributed by atoms with Gasteiger partial charge in [0.25, 0.3) is 11.8 Å². The van der Waals surface area contributed by atoms with Crippen molar-refractivity contribution >= 4 is 17.9 Å². The smallest absolute Gasteiger partial charge is 0.281 e. The van der Waals surface area contributed by atoms with E-state index in [1.54, 1.807) is 12.1 Å². The van der Waals surface area contributed by atoms with Crippen LogP contribution in [0.3, 0.4) is 0 Å². The van der Waals surface area contributed by atoms with Crippen molar-refractivity contribution in [3.8, 4) is 34.5 Å². The zero-order chi connectivity index (χ0) is 24.5. The van der Waals surface area contributed by atoms with Gasteiger partial charge >= 0.3 is 0 Å². The largest absolute Gasteiger partial charge is 0.493 e. The van der Waals surface area contributed by atoms with Gasteiger partial charge in [0.05, 0.1) is 42.7 Å². The molecule has 0 aliphatic heterocycles. The second-order valence-corrected chi connectivity index (χ2v) is 6.36. The Morgan fingerprint density at radius 2 is 1.15 bits per heavy atom. The van der Waals surface area contributed by atoms with Gasteiger partial charge in [-0.1, -0.05) is 0 Å². The first-order valence-corrected chi connectivity index (χ1v) is 9.51. The fourth-order valence-electron chi connectivity index (χ4n) is 2.99. The number of methoxy groups -OCH3 is 6. The molecule has 0 saturated carbocycles. The predicted molar refractivity (Wildman–Crippen MR) is 120 cm³/mol. The second kappa shape index (κ2) is 11.5. The van der Waals surface area contributed by atoms with E-state index in [4.69, 9.17) is 34.3 Å². The van der Waals surface area contributed by atoms with Gasteiger partial charge in [0, 0.05) is 5.56 Å². The zero-order valence-electron chi connectivity index (χ0n) is 19.2. The molecule has 0 atom stereocenters. The summed E-state index contributed by atoms with van der Waals surface area (Å²) in [6.45, 7) is 0. The van der Waals surface area contributed by atoms with Crippen molar-refractivity contribution in [1.82, 2.24) is 10.7 Å². The van der Waals surface area contributed by atoms with E-state index < -0.39 is 11.8 Å². The van der Waals surface area contributed by atoms with Crippen molar-refractivity contribution in [2.75, 3.05) is 42.7 Å². The van der Waals surface area contributed by atoms with E-state index in [1.165, 1.54) is 60.9 Å². The summed E-state index contributed by atoms with van der Waals surface area (Å²) in [6, 6.07) is 6.12. The van der Waals surface area contributed by atoms with Crippen LogP contribution < -0.4 is 45.0 Å². The lowest BCUT2D eigenvalue weighted by atomic mass is 10.1. The molecule has 4 N–H and O–H groups in total. The minimum atomic E-state index is -0.732. The standard InChI is InChI=1S/C22H27N3O8/c1-28-15-8-12(9-16(29-2)19(15)32-5)7-14(22(27)25-23)24-21(26)13-10-17(30-3)20(33-6)18(11-13)31-4/h7-11H,23H2,1-6H3,(H,24,26)(H,25,27)/b14-7+. The Morgan fingerprint density at radius 3 is 1.52 bits per heavy atom. The first-order chi connectivity index (χ1) is 15.9. The van der Waals surface area contributed by atoms with Crippen LogP contribution in [-0.4, -0.2) is 54.5 Å². The van der Waals surface area contributed by atoms with E-state index in [0.29, 0.717) is 28.6 Å². The molecule has 11 heteroatoms. The van der Waals surface area contributed by atoms with Crippen LogP contribution >= 0.6 is 0 Å². The molecule has 0 aliphatic carbocycles. The molecule has 0 aliphatic rings. The Bertz CT molecular complexity index is 1000. The van der Waals surface area contributed by atoms with Crippen LogP contribution in [0.4, 0.5) is 0 Å². The van der Waals surface area contributed by atoms with Crippen LogP contribution in [0.2, 0.25) is 0 Å². The molecule has 0 spiro atoms. The first kappa shape index (κ1) is 25.1. The lowest BCUT2D eigenvalue weighted by molar-refractivity contribution is -0.117. The molecule has 0 heterocycles. The summed E-state index contributed by atoms with van der Waals surface area (Å²) in [5.41, 5.74) is 2.51. The molecule has 0 bridgehead atoms. The highest BCUT2D eigenvalue weighted by Gasteiger charge is 2.20. The fourth-order valence-corrected chi connectivity index (χ4v) is 2.99. The Balaban J connectivity index is 2.50. The molecule has 2 rings (SSSR count). The highest BCUT2D eigenvalue weighted by atomic mass is 16.5. The van der Waals surface area contributed by atoms with Crippen LogP contribution in [-0.2, 0) is 4.79 Å². The molecule has 0 fully saturated rings. The van der Waals surface area contributed by atoms with Gasteiger partial charge in [-0.15, -0.1) is 0 Å². The van der Waals surface area contributed by atoms with Crippen LogP contribution in [0.5, 0.6) is 34.5 Å². The zero-order valence-corrected chi connectivity index (χ0v) is 19.2. The van der Waals surface area contributed by atoms with E-state index in [9.17, 15) is 9.59 Å². The number of nitrogens with two attached hydrogens (primary N) is 1. The molecular formula is C22H27N3O8. The number of amides is 2. The third kappa shape index (κ3) is 5.57. The Labute approximate surface area is 191 Å². The summed E-state index contributed by atoms with van der Waals surface area (Å²) in [7, 11) is 8.70. The van der Waals surface area contributed by atoms with Gasteiger partial charge in [-0.3, -0.25) is 15.0 Å². The SMILES string of the molecule is COc1cc(/C=C(/NC(=O)c2cc(OC)c(OC)c(OC)c2)C(=O)NN)cc(OC)c1OC. The van der Waals surface area contributed by atoms with Crippen molar-refractivity contribution in [1.29, 1.82) is 0 Å². The molecular weight excluding hydrogens is 434 g/mol. The van der Waals surface area contributed by atoms with Crippen LogP contribution in [0.25, 0.3) is 6.08 Å². The summed E-state index contributed by atoms with van der Waals surface area (Å²) in [5, 5.41) is 2.54. The Morgan fingerprint density at radius 1 is 0.727 bits per heavy atom. The van der Waals surface area contributed by atoms with E-state index in [0.717, 1.165) is 0 Å². The molecule has 0 saturated heterocycles. The van der Waals surface area contributed by atoms with Gasteiger partial charge in [-0.05, 0) is 35.9 Å². The van der Waals surface area contributed by atoms with Gasteiger partial charge in [-0.25, -0.2) is 5.84 Å². The van der Waals surface area contributed by atoms with E-state index in [-0.39, 0.29) is 22.8 Å². The average molecular weight is 461 g/mol. The van der Waals surface area contributed by atoms with Gasteiger partial charge in [0.15, 0.2) is 23.0 Å². The molecule has 2 aromatic carbocycles. The molecule has 0 radical (unpaired) electrons. The minimum Gasteiger partial charge on any atom is -0.493 e. The third-order valence-corrected chi connectivity index (χ3v) is 4.55. The maximum absolute atomic E-state index is 13.0. The highest BCUT2D eigenvalue weighted by Crippen LogP contribution is 2.39. The molecule has 2 amide bonds. The predicted octanol–water partition coefficient (Wildman–Crippen LogP) is 1.50. The van der Waals surface area contributed by atoms with Gasteiger partial charge in [0.1, 0.15) is 5.70 Å². The normalized spacial score (nSPS) is 10.7. The summed E-state index contributed by atoms with van der Waals surface area (Å²) in [4.78, 5) is 25.3. The van der Waals surface area contributed by atoms with Gasteiger partial charge in [0.2, 0.25) is 11.5 Å². The summed E-state index contributed by atoms with van der Waals surface area (Å²) in [6.07, 6.45) is 1.41. The number of rotatable bonds is 10. The second-order valence-electron chi connectivity index (χ2n) is 6.36. The van der Waals surface area contributed by atoms with Crippen LogP contribution in [0.1, 0.15) is 15.9 Å². The summed E-state index contributed by atoms with van der Waals surface area (Å²) >= 11 is 0. The average Bonchev–Trinajstić information content (AvgIpc) is 2.85. The van der Waals surface area contributed by atoms with Crippen molar-refractivity contribution in [3.05, 3.63) is 41.1 Å². The lowest BCUT2D eigenvalue weighted by Gasteiger charge is -2.15. The lowest BCUT2D eigenvalue weighted by Crippen LogP contribution is -2.38. The molecule has 11 nitrogen and oxygen atoms in total. The maximum Gasteiger partial charge on any atom is 0.281 e. The van der Waals surface area contributed by atoms with Crippen molar-refractivity contribution in [2.45, 2.75) is 0 Å². The Kier molecular flexibility index (Phi) is 8.75. The number of hydrogen-bond donors (Lipinski definition) is 3. The Hall–Kier alpha value is -4.12. The fraction of sp³-hybridized carbons (Fsp3) is 0.273. The minimum absolute atomic E-state index is 0.134. The highest BCUT2D eigenvalue weighted by molar-refractivity contribution is 6.05. The molecule has 178 valence electrons. The number of benzene rings is 2. The van der Waals surface area contributed by atoms with Crippen LogP contribution in [0.15, 0.2) is 30.0 Å². The third-order valence-electron chi connectivity index (χ3n) is 4.55.